The Labute approximate surface area is 111 Å². The number of carbonyl (C=O) groups is 2. The van der Waals surface area contributed by atoms with Gasteiger partial charge in [-0.15, -0.1) is 0 Å². The van der Waals surface area contributed by atoms with Gasteiger partial charge in [0.05, 0.1) is 14.2 Å². The number of aliphatic carboxylic acids is 1. The molecule has 0 aromatic heterocycles. The van der Waals surface area contributed by atoms with Crippen LogP contribution in [0.2, 0.25) is 0 Å². The first kappa shape index (κ1) is 14.8. The van der Waals surface area contributed by atoms with E-state index in [2.05, 4.69) is 5.32 Å². The van der Waals surface area contributed by atoms with Gasteiger partial charge >= 0.3 is 5.97 Å². The second-order valence-electron chi connectivity index (χ2n) is 3.85. The van der Waals surface area contributed by atoms with Crippen LogP contribution < -0.4 is 14.8 Å². The predicted octanol–water partition coefficient (Wildman–Crippen LogP) is 0.837. The Bertz CT molecular complexity index is 458. The van der Waals surface area contributed by atoms with Crippen LogP contribution in [0.3, 0.4) is 0 Å². The summed E-state index contributed by atoms with van der Waals surface area (Å²) in [6.45, 7) is 0.356. The van der Waals surface area contributed by atoms with E-state index >= 15 is 0 Å². The Balaban J connectivity index is 2.53. The van der Waals surface area contributed by atoms with E-state index in [1.807, 2.05) is 6.07 Å². The molecular weight excluding hydrogens is 250 g/mol. The predicted molar refractivity (Wildman–Crippen MR) is 68.5 cm³/mol. The Morgan fingerprint density at radius 3 is 2.58 bits per heavy atom. The molecule has 1 rings (SSSR count). The molecule has 1 amide bonds. The van der Waals surface area contributed by atoms with Gasteiger partial charge in [-0.2, -0.15) is 0 Å². The van der Waals surface area contributed by atoms with Crippen molar-refractivity contribution in [3.63, 3.8) is 0 Å². The normalized spacial score (nSPS) is 9.79. The second-order valence-corrected chi connectivity index (χ2v) is 3.85. The van der Waals surface area contributed by atoms with Crippen molar-refractivity contribution in [2.45, 2.75) is 12.8 Å². The number of amides is 1. The summed E-state index contributed by atoms with van der Waals surface area (Å²) in [4.78, 5) is 21.5. The minimum atomic E-state index is -1.14. The number of benzene rings is 1. The number of rotatable bonds is 7. The molecule has 0 aliphatic heterocycles. The van der Waals surface area contributed by atoms with Crippen molar-refractivity contribution in [2.75, 3.05) is 20.8 Å². The molecule has 6 nitrogen and oxygen atoms in total. The Kier molecular flexibility index (Phi) is 5.66. The average molecular weight is 267 g/mol. The number of carboxylic acid groups (broad SMARTS) is 1. The van der Waals surface area contributed by atoms with Gasteiger partial charge in [0.2, 0.25) is 5.91 Å². The van der Waals surface area contributed by atoms with E-state index in [0.29, 0.717) is 24.5 Å². The quantitative estimate of drug-likeness (QED) is 0.715. The van der Waals surface area contributed by atoms with Gasteiger partial charge in [0.15, 0.2) is 0 Å². The molecule has 19 heavy (non-hydrogen) atoms. The fraction of sp³-hybridized carbons (Fsp3) is 0.385. The van der Waals surface area contributed by atoms with Gasteiger partial charge in [0, 0.05) is 12.6 Å². The summed E-state index contributed by atoms with van der Waals surface area (Å²) in [5, 5.41) is 11.0. The number of ether oxygens (including phenoxy) is 2. The first-order valence-corrected chi connectivity index (χ1v) is 5.76. The van der Waals surface area contributed by atoms with Gasteiger partial charge in [0.1, 0.15) is 17.9 Å². The summed E-state index contributed by atoms with van der Waals surface area (Å²) in [5.74, 6) is -0.276. The summed E-state index contributed by atoms with van der Waals surface area (Å²) in [6.07, 6.45) is 0.0400. The van der Waals surface area contributed by atoms with Gasteiger partial charge in [-0.3, -0.25) is 9.59 Å². The number of carbonyl (C=O) groups excluding carboxylic acids is 1. The van der Waals surface area contributed by atoms with Gasteiger partial charge in [0.25, 0.3) is 0 Å². The maximum atomic E-state index is 11.2. The third kappa shape index (κ3) is 4.87. The molecule has 1 aromatic carbocycles. The SMILES string of the molecule is COc1ccc(CCNC(=O)CC(=O)O)c(OC)c1. The summed E-state index contributed by atoms with van der Waals surface area (Å²) in [7, 11) is 3.13. The van der Waals surface area contributed by atoms with Crippen LogP contribution in [0.25, 0.3) is 0 Å². The number of methoxy groups -OCH3 is 2. The Morgan fingerprint density at radius 1 is 1.26 bits per heavy atom. The topological polar surface area (TPSA) is 84.9 Å². The largest absolute Gasteiger partial charge is 0.497 e. The van der Waals surface area contributed by atoms with Crippen molar-refractivity contribution >= 4 is 11.9 Å². The zero-order valence-electron chi connectivity index (χ0n) is 10.9. The van der Waals surface area contributed by atoms with Gasteiger partial charge in [-0.05, 0) is 18.1 Å². The number of nitrogens with one attached hydrogen (secondary N) is 1. The minimum Gasteiger partial charge on any atom is -0.497 e. The molecule has 0 fully saturated rings. The van der Waals surface area contributed by atoms with Crippen LogP contribution in [-0.2, 0) is 16.0 Å². The van der Waals surface area contributed by atoms with Gasteiger partial charge in [-0.25, -0.2) is 0 Å². The highest BCUT2D eigenvalue weighted by molar-refractivity contribution is 5.93. The molecule has 1 aromatic rings. The van der Waals surface area contributed by atoms with Crippen LogP contribution in [0, 0.1) is 0 Å². The van der Waals surface area contributed by atoms with Crippen molar-refractivity contribution in [1.82, 2.24) is 5.32 Å². The lowest BCUT2D eigenvalue weighted by atomic mass is 10.1. The van der Waals surface area contributed by atoms with E-state index in [-0.39, 0.29) is 0 Å². The molecule has 0 aliphatic carbocycles. The monoisotopic (exact) mass is 267 g/mol. The van der Waals surface area contributed by atoms with Crippen LogP contribution in [0.4, 0.5) is 0 Å². The standard InChI is InChI=1S/C13H17NO5/c1-18-10-4-3-9(11(7-10)19-2)5-6-14-12(15)8-13(16)17/h3-4,7H,5-6,8H2,1-2H3,(H,14,15)(H,16,17). The van der Waals surface area contributed by atoms with E-state index in [0.717, 1.165) is 5.56 Å². The summed E-state index contributed by atoms with van der Waals surface area (Å²) < 4.78 is 10.3. The fourth-order valence-electron chi connectivity index (χ4n) is 1.59. The number of hydrogen-bond acceptors (Lipinski definition) is 4. The van der Waals surface area contributed by atoms with Crippen molar-refractivity contribution in [3.8, 4) is 11.5 Å². The van der Waals surface area contributed by atoms with E-state index < -0.39 is 18.3 Å². The lowest BCUT2D eigenvalue weighted by Gasteiger charge is -2.10. The first-order chi connectivity index (χ1) is 9.06. The smallest absolute Gasteiger partial charge is 0.312 e. The van der Waals surface area contributed by atoms with E-state index in [4.69, 9.17) is 14.6 Å². The molecule has 0 spiro atoms. The van der Waals surface area contributed by atoms with Crippen molar-refractivity contribution in [1.29, 1.82) is 0 Å². The fourth-order valence-corrected chi connectivity index (χ4v) is 1.59. The number of carboxylic acids is 1. The summed E-state index contributed by atoms with van der Waals surface area (Å²) in [6, 6.07) is 5.41. The molecule has 2 N–H and O–H groups in total. The molecule has 0 aliphatic rings. The zero-order chi connectivity index (χ0) is 14.3. The molecule has 6 heteroatoms. The molecular formula is C13H17NO5. The van der Waals surface area contributed by atoms with Gasteiger partial charge < -0.3 is 19.9 Å². The highest BCUT2D eigenvalue weighted by Gasteiger charge is 2.08. The van der Waals surface area contributed by atoms with Crippen LogP contribution in [0.15, 0.2) is 18.2 Å². The molecule has 104 valence electrons. The maximum absolute atomic E-state index is 11.2. The Morgan fingerprint density at radius 2 is 2.00 bits per heavy atom. The molecule has 0 heterocycles. The van der Waals surface area contributed by atoms with Crippen LogP contribution in [0.5, 0.6) is 11.5 Å². The second kappa shape index (κ2) is 7.25. The maximum Gasteiger partial charge on any atom is 0.312 e. The third-order valence-electron chi connectivity index (χ3n) is 2.52. The van der Waals surface area contributed by atoms with Crippen molar-refractivity contribution in [3.05, 3.63) is 23.8 Å². The summed E-state index contributed by atoms with van der Waals surface area (Å²) in [5.41, 5.74) is 0.916. The van der Waals surface area contributed by atoms with E-state index in [9.17, 15) is 9.59 Å². The van der Waals surface area contributed by atoms with Crippen LogP contribution in [0.1, 0.15) is 12.0 Å². The average Bonchev–Trinajstić information content (AvgIpc) is 2.38. The molecule has 0 saturated heterocycles. The number of hydrogen-bond donors (Lipinski definition) is 2. The lowest BCUT2D eigenvalue weighted by Crippen LogP contribution is -2.27. The highest BCUT2D eigenvalue weighted by Crippen LogP contribution is 2.24. The third-order valence-corrected chi connectivity index (χ3v) is 2.52. The molecule has 0 saturated carbocycles. The van der Waals surface area contributed by atoms with Gasteiger partial charge in [-0.1, -0.05) is 6.07 Å². The van der Waals surface area contributed by atoms with E-state index in [1.54, 1.807) is 26.4 Å². The van der Waals surface area contributed by atoms with Crippen molar-refractivity contribution in [2.24, 2.45) is 0 Å². The summed E-state index contributed by atoms with van der Waals surface area (Å²) >= 11 is 0. The van der Waals surface area contributed by atoms with Crippen LogP contribution >= 0.6 is 0 Å². The minimum absolute atomic E-state index is 0.356. The van der Waals surface area contributed by atoms with Crippen LogP contribution in [-0.4, -0.2) is 37.7 Å². The molecule has 0 atom stereocenters. The zero-order valence-corrected chi connectivity index (χ0v) is 10.9. The highest BCUT2D eigenvalue weighted by atomic mass is 16.5. The first-order valence-electron chi connectivity index (χ1n) is 5.76. The Hall–Kier alpha value is -2.24. The molecule has 0 unspecified atom stereocenters. The van der Waals surface area contributed by atoms with Crippen molar-refractivity contribution < 1.29 is 24.2 Å². The lowest BCUT2D eigenvalue weighted by molar-refractivity contribution is -0.140. The molecule has 0 bridgehead atoms. The molecule has 0 radical (unpaired) electrons. The van der Waals surface area contributed by atoms with E-state index in [1.165, 1.54) is 0 Å².